The van der Waals surface area contributed by atoms with Crippen LogP contribution in [0, 0.1) is 0 Å². The zero-order chi connectivity index (χ0) is 35.5. The monoisotopic (exact) mass is 671 g/mol. The van der Waals surface area contributed by atoms with E-state index in [1.54, 1.807) is 6.92 Å². The Morgan fingerprint density at radius 2 is 0.875 bits per heavy atom. The van der Waals surface area contributed by atoms with Gasteiger partial charge in [0.2, 0.25) is 11.8 Å². The first-order chi connectivity index (χ1) is 23.3. The molecule has 0 saturated heterocycles. The van der Waals surface area contributed by atoms with Gasteiger partial charge in [0.25, 0.3) is 0 Å². The highest BCUT2D eigenvalue weighted by Crippen LogP contribution is 2.14. The molecule has 0 aromatic rings. The quantitative estimate of drug-likeness (QED) is 0.0542. The highest BCUT2D eigenvalue weighted by Gasteiger charge is 2.30. The van der Waals surface area contributed by atoms with Crippen molar-refractivity contribution < 1.29 is 19.1 Å². The highest BCUT2D eigenvalue weighted by molar-refractivity contribution is 6.08. The largest absolute Gasteiger partial charge is 0.444 e. The Kier molecular flexibility index (Phi) is 32.6. The smallest absolute Gasteiger partial charge is 0.423 e. The van der Waals surface area contributed by atoms with Gasteiger partial charge in [0.1, 0.15) is 6.10 Å². The summed E-state index contributed by atoms with van der Waals surface area (Å²) in [5, 5.41) is 0. The number of amides is 3. The van der Waals surface area contributed by atoms with Crippen LogP contribution < -0.4 is 0 Å². The average molecular weight is 671 g/mol. The molecule has 0 saturated carbocycles. The Bertz CT molecular complexity index is 847. The van der Waals surface area contributed by atoms with Gasteiger partial charge in [-0.3, -0.25) is 9.59 Å². The van der Waals surface area contributed by atoms with E-state index < -0.39 is 24.0 Å². The highest BCUT2D eigenvalue weighted by atomic mass is 16.6. The van der Waals surface area contributed by atoms with Crippen LogP contribution in [0.1, 0.15) is 175 Å². The standard InChI is InChI=1S/C42H74N2O4/c1-6-8-10-12-14-16-18-20-22-24-26-28-30-32-34-36-40(45)44(42(47)48-39(3)38-43(4)5)41(46)37-35-33-31-29-27-25-23-21-19-17-15-13-11-9-7-2/h14-17,20-23,39H,6-13,18-19,24-38H2,1-5H3/b16-14-,17-15-,22-20-,23-21-. The number of unbranched alkanes of at least 4 members (excludes halogenated alkanes) is 16. The van der Waals surface area contributed by atoms with Gasteiger partial charge in [0, 0.05) is 19.4 Å². The molecule has 276 valence electrons. The fourth-order valence-corrected chi connectivity index (χ4v) is 5.52. The summed E-state index contributed by atoms with van der Waals surface area (Å²) >= 11 is 0. The van der Waals surface area contributed by atoms with Crippen LogP contribution in [0.3, 0.4) is 0 Å². The Balaban J connectivity index is 4.40. The lowest BCUT2D eigenvalue weighted by Gasteiger charge is -2.23. The van der Waals surface area contributed by atoms with E-state index in [1.807, 2.05) is 19.0 Å². The summed E-state index contributed by atoms with van der Waals surface area (Å²) in [6.45, 7) is 6.77. The number of carbonyl (C=O) groups excluding carboxylic acids is 3. The van der Waals surface area contributed by atoms with Crippen molar-refractivity contribution in [3.05, 3.63) is 48.6 Å². The summed E-state index contributed by atoms with van der Waals surface area (Å²) in [7, 11) is 3.79. The summed E-state index contributed by atoms with van der Waals surface area (Å²) in [6.07, 6.45) is 41.3. The van der Waals surface area contributed by atoms with Crippen molar-refractivity contribution in [1.82, 2.24) is 9.80 Å². The van der Waals surface area contributed by atoms with E-state index in [-0.39, 0.29) is 12.8 Å². The SMILES string of the molecule is CCCCC/C=C\C/C=C\CCCCCCCC(=O)N(C(=O)CCCCCCC/C=C\C/C=C\CCCCC)C(=O)OC(C)CN(C)C. The van der Waals surface area contributed by atoms with Gasteiger partial charge in [-0.05, 0) is 98.1 Å². The second-order valence-electron chi connectivity index (χ2n) is 13.5. The second kappa shape index (κ2) is 34.4. The van der Waals surface area contributed by atoms with Crippen LogP contribution in [-0.4, -0.2) is 54.5 Å². The predicted molar refractivity (Wildman–Crippen MR) is 205 cm³/mol. The van der Waals surface area contributed by atoms with Crippen LogP contribution in [0.5, 0.6) is 0 Å². The number of carbonyl (C=O) groups is 3. The van der Waals surface area contributed by atoms with Crippen LogP contribution in [0.15, 0.2) is 48.6 Å². The van der Waals surface area contributed by atoms with Gasteiger partial charge < -0.3 is 9.64 Å². The zero-order valence-corrected chi connectivity index (χ0v) is 31.9. The van der Waals surface area contributed by atoms with E-state index in [2.05, 4.69) is 62.5 Å². The Labute approximate surface area is 296 Å². The molecule has 0 rings (SSSR count). The molecule has 6 heteroatoms. The van der Waals surface area contributed by atoms with Crippen molar-refractivity contribution >= 4 is 17.9 Å². The Morgan fingerprint density at radius 3 is 1.25 bits per heavy atom. The maximum Gasteiger partial charge on any atom is 0.423 e. The van der Waals surface area contributed by atoms with Crippen LogP contribution >= 0.6 is 0 Å². The van der Waals surface area contributed by atoms with Crippen LogP contribution in [0.4, 0.5) is 4.79 Å². The fourth-order valence-electron chi connectivity index (χ4n) is 5.52. The predicted octanol–water partition coefficient (Wildman–Crippen LogP) is 12.1. The average Bonchev–Trinajstić information content (AvgIpc) is 3.04. The molecule has 0 bridgehead atoms. The van der Waals surface area contributed by atoms with Gasteiger partial charge >= 0.3 is 6.09 Å². The van der Waals surface area contributed by atoms with E-state index in [0.29, 0.717) is 19.4 Å². The number of hydrogen-bond donors (Lipinski definition) is 0. The number of imide groups is 3. The van der Waals surface area contributed by atoms with Crippen molar-refractivity contribution in [3.63, 3.8) is 0 Å². The van der Waals surface area contributed by atoms with Crippen molar-refractivity contribution in [3.8, 4) is 0 Å². The molecular weight excluding hydrogens is 596 g/mol. The molecule has 6 nitrogen and oxygen atoms in total. The van der Waals surface area contributed by atoms with Gasteiger partial charge in [-0.1, -0.05) is 127 Å². The third-order valence-electron chi connectivity index (χ3n) is 8.29. The molecule has 0 spiro atoms. The number of ether oxygens (including phenoxy) is 1. The molecule has 0 aliphatic carbocycles. The van der Waals surface area contributed by atoms with Crippen molar-refractivity contribution in [2.75, 3.05) is 20.6 Å². The maximum atomic E-state index is 13.1. The molecule has 3 amide bonds. The summed E-state index contributed by atoms with van der Waals surface area (Å²) in [4.78, 5) is 41.9. The van der Waals surface area contributed by atoms with Crippen LogP contribution in [0.25, 0.3) is 0 Å². The number of hydrogen-bond acceptors (Lipinski definition) is 5. The molecular formula is C42H74N2O4. The Hall–Kier alpha value is -2.47. The van der Waals surface area contributed by atoms with Gasteiger partial charge in [-0.2, -0.15) is 4.90 Å². The first kappa shape index (κ1) is 45.5. The minimum absolute atomic E-state index is 0.190. The normalized spacial score (nSPS) is 12.7. The van der Waals surface area contributed by atoms with Gasteiger partial charge in [0.15, 0.2) is 0 Å². The topological polar surface area (TPSA) is 66.9 Å². The third-order valence-corrected chi connectivity index (χ3v) is 8.29. The molecule has 48 heavy (non-hydrogen) atoms. The first-order valence-electron chi connectivity index (χ1n) is 19.6. The summed E-state index contributed by atoms with van der Waals surface area (Å²) < 4.78 is 5.51. The van der Waals surface area contributed by atoms with Crippen LogP contribution in [-0.2, 0) is 14.3 Å². The number of allylic oxidation sites excluding steroid dienone is 8. The van der Waals surface area contributed by atoms with E-state index in [1.165, 1.54) is 51.4 Å². The van der Waals surface area contributed by atoms with E-state index in [9.17, 15) is 14.4 Å². The summed E-state index contributed by atoms with van der Waals surface area (Å²) in [6, 6.07) is 0. The number of likely N-dealkylation sites (N-methyl/N-ethyl adjacent to an activating group) is 1. The van der Waals surface area contributed by atoms with E-state index in [0.717, 1.165) is 81.9 Å². The minimum atomic E-state index is -0.829. The molecule has 1 atom stereocenters. The summed E-state index contributed by atoms with van der Waals surface area (Å²) in [5.74, 6) is -0.870. The first-order valence-corrected chi connectivity index (χ1v) is 19.6. The third kappa shape index (κ3) is 29.7. The van der Waals surface area contributed by atoms with Crippen molar-refractivity contribution in [2.24, 2.45) is 0 Å². The molecule has 0 radical (unpaired) electrons. The fraction of sp³-hybridized carbons (Fsp3) is 0.738. The molecule has 0 heterocycles. The zero-order valence-electron chi connectivity index (χ0n) is 31.9. The van der Waals surface area contributed by atoms with Gasteiger partial charge in [0.05, 0.1) is 0 Å². The molecule has 0 fully saturated rings. The lowest BCUT2D eigenvalue weighted by molar-refractivity contribution is -0.143. The second-order valence-corrected chi connectivity index (χ2v) is 13.5. The summed E-state index contributed by atoms with van der Waals surface area (Å²) in [5.41, 5.74) is 0. The van der Waals surface area contributed by atoms with E-state index in [4.69, 9.17) is 4.74 Å². The molecule has 0 N–H and O–H groups in total. The molecule has 0 aliphatic rings. The molecule has 0 aromatic heterocycles. The Morgan fingerprint density at radius 1 is 0.521 bits per heavy atom. The lowest BCUT2D eigenvalue weighted by Crippen LogP contribution is -2.44. The van der Waals surface area contributed by atoms with E-state index >= 15 is 0 Å². The van der Waals surface area contributed by atoms with Gasteiger partial charge in [-0.15, -0.1) is 0 Å². The van der Waals surface area contributed by atoms with Crippen molar-refractivity contribution in [1.29, 1.82) is 0 Å². The van der Waals surface area contributed by atoms with Gasteiger partial charge in [-0.25, -0.2) is 4.79 Å². The molecule has 0 aromatic carbocycles. The molecule has 0 aliphatic heterocycles. The van der Waals surface area contributed by atoms with Crippen molar-refractivity contribution in [2.45, 2.75) is 181 Å². The number of rotatable bonds is 31. The maximum absolute atomic E-state index is 13.1. The minimum Gasteiger partial charge on any atom is -0.444 e. The lowest BCUT2D eigenvalue weighted by atomic mass is 10.1. The molecule has 1 unspecified atom stereocenters. The van der Waals surface area contributed by atoms with Crippen LogP contribution in [0.2, 0.25) is 0 Å². The number of nitrogens with zero attached hydrogens (tertiary/aromatic N) is 2.